The van der Waals surface area contributed by atoms with Gasteiger partial charge in [-0.1, -0.05) is 26.7 Å². The number of carbonyl (C=O) groups is 4. The Bertz CT molecular complexity index is 1460. The van der Waals surface area contributed by atoms with E-state index in [0.717, 1.165) is 56.8 Å². The molecule has 0 amide bonds. The molecule has 280 valence electrons. The molecular weight excluding hydrogens is 648 g/mol. The third-order valence-corrected chi connectivity index (χ3v) is 14.3. The lowest BCUT2D eigenvalue weighted by molar-refractivity contribution is -0.217. The average molecular weight is 707 g/mol. The number of rotatable bonds is 7. The predicted octanol–water partition coefficient (Wildman–Crippen LogP) is 6.96. The van der Waals surface area contributed by atoms with Crippen molar-refractivity contribution in [2.75, 3.05) is 0 Å². The molecular formula is C42H58O9. The monoisotopic (exact) mass is 706 g/mol. The van der Waals surface area contributed by atoms with Crippen LogP contribution in [0.5, 0.6) is 0 Å². The van der Waals surface area contributed by atoms with E-state index in [9.17, 15) is 24.3 Å². The standard InChI is InChI=1S/C16H24O2.C14H20O3.C12H14O4/c1-4-16(18-15(17)10(2)3)13-6-11-5-12(8-13)9-14(16)7-11;1-9(2)12(15)17-14-6-10-3-11(7-14)5-13(16,4-10)8-14;1-5(2)11(13)15-9-6-3-7-8(4-6)12(14)16-10(7)9/h11-14H,2,4-9H2,1,3H3;10-11,16H,1,3-8H2,2H3;6-10H,1,3-4H2,2H3. The summed E-state index contributed by atoms with van der Waals surface area (Å²) in [5.74, 6) is 3.82. The van der Waals surface area contributed by atoms with Gasteiger partial charge in [-0.05, 0) is 140 Å². The van der Waals surface area contributed by atoms with Gasteiger partial charge in [-0.3, -0.25) is 4.79 Å². The van der Waals surface area contributed by atoms with Crippen molar-refractivity contribution in [3.05, 3.63) is 36.5 Å². The zero-order valence-corrected chi connectivity index (χ0v) is 31.1. The molecule has 1 aliphatic heterocycles. The lowest BCUT2D eigenvalue weighted by atomic mass is 9.49. The number of hydrogen-bond acceptors (Lipinski definition) is 9. The topological polar surface area (TPSA) is 125 Å². The highest BCUT2D eigenvalue weighted by Crippen LogP contribution is 2.61. The lowest BCUT2D eigenvalue weighted by Gasteiger charge is -2.60. The number of fused-ring (bicyclic) bond motifs is 1. The SMILES string of the molecule is C=C(C)C(=O)OC1(CC)C2CC3CC(C2)CC1C3.C=C(C)C(=O)OC12CC3CC(CC(O)(C3)C1)C2.C=C(C)C(=O)OC1C2CC3C(=O)OC1C3C2. The molecule has 0 aromatic carbocycles. The minimum atomic E-state index is -0.570. The van der Waals surface area contributed by atoms with Crippen LogP contribution < -0.4 is 0 Å². The van der Waals surface area contributed by atoms with Crippen LogP contribution in [-0.2, 0) is 38.1 Å². The Labute approximate surface area is 302 Å². The van der Waals surface area contributed by atoms with Crippen molar-refractivity contribution in [2.45, 2.75) is 147 Å². The first-order valence-electron chi connectivity index (χ1n) is 19.6. The Morgan fingerprint density at radius 2 is 1.27 bits per heavy atom. The van der Waals surface area contributed by atoms with Gasteiger partial charge in [0.25, 0.3) is 0 Å². The molecule has 1 heterocycles. The van der Waals surface area contributed by atoms with E-state index in [1.54, 1.807) is 20.8 Å². The molecule has 0 aromatic rings. The smallest absolute Gasteiger partial charge is 0.333 e. The van der Waals surface area contributed by atoms with Gasteiger partial charge < -0.3 is 24.1 Å². The van der Waals surface area contributed by atoms with Gasteiger partial charge in [-0.15, -0.1) is 0 Å². The lowest BCUT2D eigenvalue weighted by Crippen LogP contribution is -2.60. The highest BCUT2D eigenvalue weighted by molar-refractivity contribution is 5.88. The number of hydrogen-bond donors (Lipinski definition) is 1. The van der Waals surface area contributed by atoms with E-state index >= 15 is 0 Å². The van der Waals surface area contributed by atoms with Crippen molar-refractivity contribution < 1.29 is 43.2 Å². The maximum atomic E-state index is 12.0. The first kappa shape index (κ1) is 36.4. The number of ether oxygens (including phenoxy) is 4. The zero-order chi connectivity index (χ0) is 36.6. The summed E-state index contributed by atoms with van der Waals surface area (Å²) in [6.45, 7) is 18.2. The fraction of sp³-hybridized carbons (Fsp3) is 0.762. The van der Waals surface area contributed by atoms with Gasteiger partial charge in [0.15, 0.2) is 0 Å². The van der Waals surface area contributed by atoms with Gasteiger partial charge in [-0.25, -0.2) is 14.4 Å². The first-order chi connectivity index (χ1) is 24.0. The van der Waals surface area contributed by atoms with Crippen LogP contribution >= 0.6 is 0 Å². The largest absolute Gasteiger partial charge is 0.458 e. The van der Waals surface area contributed by atoms with E-state index in [1.165, 1.54) is 38.5 Å². The summed E-state index contributed by atoms with van der Waals surface area (Å²) in [7, 11) is 0. The van der Waals surface area contributed by atoms with Gasteiger partial charge in [-0.2, -0.15) is 0 Å². The molecule has 11 aliphatic rings. The number of carbonyl (C=O) groups excluding carboxylic acids is 4. The molecule has 10 saturated carbocycles. The summed E-state index contributed by atoms with van der Waals surface area (Å²) in [4.78, 5) is 46.7. The van der Waals surface area contributed by atoms with Gasteiger partial charge in [0.1, 0.15) is 23.4 Å². The summed E-state index contributed by atoms with van der Waals surface area (Å²) in [5, 5.41) is 10.5. The minimum Gasteiger partial charge on any atom is -0.458 e. The third kappa shape index (κ3) is 6.63. The molecule has 0 radical (unpaired) electrons. The van der Waals surface area contributed by atoms with E-state index in [1.807, 2.05) is 0 Å². The van der Waals surface area contributed by atoms with Crippen LogP contribution in [0.25, 0.3) is 0 Å². The van der Waals surface area contributed by atoms with Crippen LogP contribution in [0.15, 0.2) is 36.5 Å². The number of esters is 4. The van der Waals surface area contributed by atoms with Gasteiger partial charge in [0, 0.05) is 35.0 Å². The second kappa shape index (κ2) is 13.2. The molecule has 9 nitrogen and oxygen atoms in total. The Hall–Kier alpha value is -2.94. The molecule has 10 aliphatic carbocycles. The molecule has 11 fully saturated rings. The molecule has 7 atom stereocenters. The second-order valence-electron chi connectivity index (χ2n) is 18.4. The fourth-order valence-electron chi connectivity index (χ4n) is 12.9. The minimum absolute atomic E-state index is 0.0646. The molecule has 1 N–H and O–H groups in total. The molecule has 0 spiro atoms. The van der Waals surface area contributed by atoms with Crippen molar-refractivity contribution in [1.29, 1.82) is 0 Å². The predicted molar refractivity (Wildman–Crippen MR) is 189 cm³/mol. The zero-order valence-electron chi connectivity index (χ0n) is 31.1. The third-order valence-electron chi connectivity index (χ3n) is 14.3. The van der Waals surface area contributed by atoms with Gasteiger partial charge >= 0.3 is 23.9 Å². The van der Waals surface area contributed by atoms with E-state index < -0.39 is 11.2 Å². The van der Waals surface area contributed by atoms with Crippen LogP contribution in [0.3, 0.4) is 0 Å². The molecule has 11 rings (SSSR count). The van der Waals surface area contributed by atoms with Crippen LogP contribution in [0.2, 0.25) is 0 Å². The van der Waals surface area contributed by atoms with E-state index in [2.05, 4.69) is 26.7 Å². The van der Waals surface area contributed by atoms with Crippen LogP contribution in [0.4, 0.5) is 0 Å². The van der Waals surface area contributed by atoms with Gasteiger partial charge in [0.05, 0.1) is 11.5 Å². The summed E-state index contributed by atoms with van der Waals surface area (Å²) in [5.41, 5.74) is 0.255. The van der Waals surface area contributed by atoms with Gasteiger partial charge in [0.2, 0.25) is 0 Å². The Balaban J connectivity index is 0.000000120. The van der Waals surface area contributed by atoms with Crippen LogP contribution in [-0.4, -0.2) is 58.0 Å². The molecule has 9 heteroatoms. The Kier molecular flexibility index (Phi) is 9.41. The second-order valence-corrected chi connectivity index (χ2v) is 18.4. The Morgan fingerprint density at radius 1 is 0.745 bits per heavy atom. The average Bonchev–Trinajstić information content (AvgIpc) is 3.67. The highest BCUT2D eigenvalue weighted by atomic mass is 16.6. The van der Waals surface area contributed by atoms with Crippen molar-refractivity contribution >= 4 is 23.9 Å². The van der Waals surface area contributed by atoms with Crippen molar-refractivity contribution in [3.63, 3.8) is 0 Å². The van der Waals surface area contributed by atoms with Crippen molar-refractivity contribution in [3.8, 4) is 0 Å². The van der Waals surface area contributed by atoms with E-state index in [4.69, 9.17) is 18.9 Å². The van der Waals surface area contributed by atoms with E-state index in [-0.39, 0.29) is 53.5 Å². The molecule has 51 heavy (non-hydrogen) atoms. The first-order valence-corrected chi connectivity index (χ1v) is 19.6. The fourth-order valence-corrected chi connectivity index (χ4v) is 12.9. The molecule has 10 bridgehead atoms. The summed E-state index contributed by atoms with van der Waals surface area (Å²) in [6.07, 6.45) is 14.4. The van der Waals surface area contributed by atoms with Crippen LogP contribution in [0.1, 0.15) is 118 Å². The maximum absolute atomic E-state index is 12.0. The molecule has 1 saturated heterocycles. The summed E-state index contributed by atoms with van der Waals surface area (Å²) < 4.78 is 22.3. The van der Waals surface area contributed by atoms with E-state index in [0.29, 0.717) is 52.7 Å². The highest BCUT2D eigenvalue weighted by Gasteiger charge is 2.64. The maximum Gasteiger partial charge on any atom is 0.333 e. The van der Waals surface area contributed by atoms with Crippen molar-refractivity contribution in [1.82, 2.24) is 0 Å². The van der Waals surface area contributed by atoms with Crippen molar-refractivity contribution in [2.24, 2.45) is 53.3 Å². The quantitative estimate of drug-likeness (QED) is 0.170. The molecule has 0 aromatic heterocycles. The molecule has 7 unspecified atom stereocenters. The summed E-state index contributed by atoms with van der Waals surface area (Å²) >= 11 is 0. The Morgan fingerprint density at radius 3 is 1.78 bits per heavy atom. The van der Waals surface area contributed by atoms with Crippen LogP contribution in [0, 0.1) is 53.3 Å². The normalized spacial score (nSPS) is 45.1. The number of aliphatic hydroxyl groups is 1. The summed E-state index contributed by atoms with van der Waals surface area (Å²) in [6, 6.07) is 0.